The molecule has 0 N–H and O–H groups in total. The number of methoxy groups -OCH3 is 1. The fourth-order valence-electron chi connectivity index (χ4n) is 1.47. The molecule has 0 saturated carbocycles. The predicted molar refractivity (Wildman–Crippen MR) is 56.7 cm³/mol. The molecule has 15 heavy (non-hydrogen) atoms. The zero-order chi connectivity index (χ0) is 11.6. The Morgan fingerprint density at radius 1 is 1.60 bits per heavy atom. The van der Waals surface area contributed by atoms with Crippen LogP contribution in [0.15, 0.2) is 0 Å². The first kappa shape index (κ1) is 12.1. The van der Waals surface area contributed by atoms with Crippen molar-refractivity contribution in [2.24, 2.45) is 0 Å². The van der Waals surface area contributed by atoms with Crippen molar-refractivity contribution in [3.8, 4) is 0 Å². The minimum Gasteiger partial charge on any atom is -0.466 e. The number of ether oxygens (including phenoxy) is 1. The zero-order valence-corrected chi connectivity index (χ0v) is 10.1. The molecular formula is C10H14FNO2S. The standard InChI is InChI=1S/C10H14FNO2S/c1-5-10(11,9(13)14-4)8-6(2)15-7(3)12-8/h5H2,1-4H3. The lowest BCUT2D eigenvalue weighted by Gasteiger charge is -2.19. The number of aryl methyl sites for hydroxylation is 2. The summed E-state index contributed by atoms with van der Waals surface area (Å²) in [6.07, 6.45) is 0.0314. The molecule has 0 saturated heterocycles. The van der Waals surface area contributed by atoms with Crippen LogP contribution in [-0.4, -0.2) is 18.1 Å². The lowest BCUT2D eigenvalue weighted by molar-refractivity contribution is -0.156. The Morgan fingerprint density at radius 2 is 2.20 bits per heavy atom. The molecule has 0 fully saturated rings. The molecule has 0 aliphatic carbocycles. The lowest BCUT2D eigenvalue weighted by Crippen LogP contribution is -2.32. The summed E-state index contributed by atoms with van der Waals surface area (Å²) in [5.74, 6) is -0.876. The van der Waals surface area contributed by atoms with Gasteiger partial charge in [-0.05, 0) is 20.3 Å². The van der Waals surface area contributed by atoms with Crippen molar-refractivity contribution in [2.45, 2.75) is 32.9 Å². The second-order valence-electron chi connectivity index (χ2n) is 3.28. The number of hydrogen-bond acceptors (Lipinski definition) is 4. The van der Waals surface area contributed by atoms with E-state index >= 15 is 0 Å². The quantitative estimate of drug-likeness (QED) is 0.750. The van der Waals surface area contributed by atoms with Gasteiger partial charge in [-0.15, -0.1) is 11.3 Å². The maximum atomic E-state index is 14.4. The van der Waals surface area contributed by atoms with E-state index in [1.807, 2.05) is 0 Å². The molecule has 3 nitrogen and oxygen atoms in total. The van der Waals surface area contributed by atoms with E-state index in [0.717, 1.165) is 9.88 Å². The van der Waals surface area contributed by atoms with Gasteiger partial charge in [-0.2, -0.15) is 0 Å². The second-order valence-corrected chi connectivity index (χ2v) is 4.69. The van der Waals surface area contributed by atoms with Crippen molar-refractivity contribution < 1.29 is 13.9 Å². The van der Waals surface area contributed by atoms with Crippen LogP contribution in [0.4, 0.5) is 4.39 Å². The maximum absolute atomic E-state index is 14.4. The van der Waals surface area contributed by atoms with Gasteiger partial charge in [-0.25, -0.2) is 14.2 Å². The molecule has 1 aromatic heterocycles. The van der Waals surface area contributed by atoms with E-state index in [1.54, 1.807) is 20.8 Å². The fourth-order valence-corrected chi connectivity index (χ4v) is 2.35. The molecular weight excluding hydrogens is 217 g/mol. The summed E-state index contributed by atoms with van der Waals surface area (Å²) in [5, 5.41) is 0.752. The molecule has 1 aromatic rings. The summed E-state index contributed by atoms with van der Waals surface area (Å²) in [5.41, 5.74) is -1.91. The number of carbonyl (C=O) groups excluding carboxylic acids is 1. The SMILES string of the molecule is CCC(F)(C(=O)OC)c1nc(C)sc1C. The normalized spacial score (nSPS) is 14.7. The van der Waals surface area contributed by atoms with Crippen LogP contribution in [0.1, 0.15) is 28.9 Å². The fraction of sp³-hybridized carbons (Fsp3) is 0.600. The number of hydrogen-bond donors (Lipinski definition) is 0. The van der Waals surface area contributed by atoms with Gasteiger partial charge in [0.25, 0.3) is 0 Å². The number of nitrogens with zero attached hydrogens (tertiary/aromatic N) is 1. The van der Waals surface area contributed by atoms with Crippen LogP contribution < -0.4 is 0 Å². The third-order valence-electron chi connectivity index (χ3n) is 2.28. The minimum atomic E-state index is -2.11. The van der Waals surface area contributed by atoms with Crippen LogP contribution in [0.2, 0.25) is 0 Å². The smallest absolute Gasteiger partial charge is 0.350 e. The number of aromatic nitrogens is 1. The molecule has 0 spiro atoms. The lowest BCUT2D eigenvalue weighted by atomic mass is 9.98. The Bertz CT molecular complexity index is 377. The van der Waals surface area contributed by atoms with Gasteiger partial charge in [0.15, 0.2) is 0 Å². The third kappa shape index (κ3) is 2.02. The van der Waals surface area contributed by atoms with Crippen LogP contribution in [0.3, 0.4) is 0 Å². The summed E-state index contributed by atoms with van der Waals surface area (Å²) in [4.78, 5) is 16.2. The molecule has 84 valence electrons. The number of halogens is 1. The number of esters is 1. The molecule has 5 heteroatoms. The average Bonchev–Trinajstić information content (AvgIpc) is 2.55. The first-order valence-electron chi connectivity index (χ1n) is 4.67. The van der Waals surface area contributed by atoms with Crippen molar-refractivity contribution in [1.82, 2.24) is 4.98 Å². The maximum Gasteiger partial charge on any atom is 0.350 e. The summed E-state index contributed by atoms with van der Waals surface area (Å²) in [6, 6.07) is 0. The molecule has 0 aliphatic rings. The highest BCUT2D eigenvalue weighted by Crippen LogP contribution is 2.34. The van der Waals surface area contributed by atoms with E-state index in [9.17, 15) is 9.18 Å². The molecule has 0 bridgehead atoms. The molecule has 1 atom stereocenters. The highest BCUT2D eigenvalue weighted by atomic mass is 32.1. The first-order valence-corrected chi connectivity index (χ1v) is 5.49. The van der Waals surface area contributed by atoms with Crippen LogP contribution >= 0.6 is 11.3 Å². The van der Waals surface area contributed by atoms with E-state index in [-0.39, 0.29) is 12.1 Å². The summed E-state index contributed by atoms with van der Waals surface area (Å²) < 4.78 is 18.9. The second kappa shape index (κ2) is 4.26. The number of carbonyl (C=O) groups is 1. The largest absolute Gasteiger partial charge is 0.466 e. The number of thiazole rings is 1. The average molecular weight is 231 g/mol. The highest BCUT2D eigenvalue weighted by Gasteiger charge is 2.43. The van der Waals surface area contributed by atoms with Crippen molar-refractivity contribution >= 4 is 17.3 Å². The monoisotopic (exact) mass is 231 g/mol. The first-order chi connectivity index (χ1) is 6.95. The van der Waals surface area contributed by atoms with Crippen LogP contribution in [-0.2, 0) is 15.2 Å². The Balaban J connectivity index is 3.22. The Morgan fingerprint density at radius 3 is 2.53 bits per heavy atom. The van der Waals surface area contributed by atoms with Crippen molar-refractivity contribution in [1.29, 1.82) is 0 Å². The molecule has 1 unspecified atom stereocenters. The Hall–Kier alpha value is -0.970. The van der Waals surface area contributed by atoms with E-state index in [4.69, 9.17) is 0 Å². The summed E-state index contributed by atoms with van der Waals surface area (Å²) >= 11 is 1.38. The van der Waals surface area contributed by atoms with Gasteiger partial charge in [-0.3, -0.25) is 0 Å². The van der Waals surface area contributed by atoms with Crippen LogP contribution in [0.25, 0.3) is 0 Å². The van der Waals surface area contributed by atoms with E-state index < -0.39 is 11.6 Å². The predicted octanol–water partition coefficient (Wildman–Crippen LogP) is 2.51. The Labute approximate surface area is 92.3 Å². The van der Waals surface area contributed by atoms with Gasteiger partial charge in [-0.1, -0.05) is 6.92 Å². The number of alkyl halides is 1. The Kier molecular flexibility index (Phi) is 3.44. The van der Waals surface area contributed by atoms with Crippen molar-refractivity contribution in [2.75, 3.05) is 7.11 Å². The van der Waals surface area contributed by atoms with Gasteiger partial charge in [0.2, 0.25) is 5.67 Å². The number of rotatable bonds is 3. The van der Waals surface area contributed by atoms with Gasteiger partial charge < -0.3 is 4.74 Å². The molecule has 1 rings (SSSR count). The van der Waals surface area contributed by atoms with Crippen molar-refractivity contribution in [3.63, 3.8) is 0 Å². The van der Waals surface area contributed by atoms with E-state index in [1.165, 1.54) is 18.4 Å². The topological polar surface area (TPSA) is 39.2 Å². The minimum absolute atomic E-state index is 0.0314. The summed E-state index contributed by atoms with van der Waals surface area (Å²) in [6.45, 7) is 5.15. The molecule has 0 aromatic carbocycles. The highest BCUT2D eigenvalue weighted by molar-refractivity contribution is 7.11. The summed E-state index contributed by atoms with van der Waals surface area (Å²) in [7, 11) is 1.18. The van der Waals surface area contributed by atoms with Crippen molar-refractivity contribution in [3.05, 3.63) is 15.6 Å². The molecule has 0 amide bonds. The van der Waals surface area contributed by atoms with E-state index in [2.05, 4.69) is 9.72 Å². The van der Waals surface area contributed by atoms with Gasteiger partial charge in [0.05, 0.1) is 12.1 Å². The van der Waals surface area contributed by atoms with E-state index in [0.29, 0.717) is 0 Å². The zero-order valence-electron chi connectivity index (χ0n) is 9.26. The van der Waals surface area contributed by atoms with Gasteiger partial charge in [0, 0.05) is 4.88 Å². The third-order valence-corrected chi connectivity index (χ3v) is 3.16. The molecule has 0 aliphatic heterocycles. The molecule has 0 radical (unpaired) electrons. The van der Waals surface area contributed by atoms with Gasteiger partial charge >= 0.3 is 5.97 Å². The van der Waals surface area contributed by atoms with Gasteiger partial charge in [0.1, 0.15) is 5.69 Å². The van der Waals surface area contributed by atoms with Crippen LogP contribution in [0.5, 0.6) is 0 Å². The molecule has 1 heterocycles. The van der Waals surface area contributed by atoms with Crippen LogP contribution in [0, 0.1) is 13.8 Å².